The van der Waals surface area contributed by atoms with Gasteiger partial charge in [-0.15, -0.1) is 0 Å². The summed E-state index contributed by atoms with van der Waals surface area (Å²) in [5, 5.41) is 5.50. The number of hydrogen-bond acceptors (Lipinski definition) is 3. The Bertz CT molecular complexity index is 620. The predicted octanol–water partition coefficient (Wildman–Crippen LogP) is 2.06. The first-order chi connectivity index (χ1) is 9.74. The number of anilines is 2. The van der Waals surface area contributed by atoms with Gasteiger partial charge in [0.15, 0.2) is 0 Å². The van der Waals surface area contributed by atoms with Crippen LogP contribution in [-0.4, -0.2) is 25.0 Å². The number of carbonyl (C=O) groups excluding carboxylic acids is 2. The number of benzene rings is 1. The van der Waals surface area contributed by atoms with E-state index in [0.29, 0.717) is 24.3 Å². The highest BCUT2D eigenvalue weighted by Crippen LogP contribution is 2.20. The van der Waals surface area contributed by atoms with Gasteiger partial charge >= 0.3 is 6.03 Å². The van der Waals surface area contributed by atoms with E-state index in [9.17, 15) is 9.59 Å². The van der Waals surface area contributed by atoms with Gasteiger partial charge in [-0.1, -0.05) is 0 Å². The second kappa shape index (κ2) is 5.08. The zero-order valence-electron chi connectivity index (χ0n) is 10.6. The maximum absolute atomic E-state index is 11.8. The Morgan fingerprint density at radius 3 is 2.65 bits per heavy atom. The van der Waals surface area contributed by atoms with Crippen molar-refractivity contribution in [3.63, 3.8) is 0 Å². The number of hydrogen-bond donors (Lipinski definition) is 2. The van der Waals surface area contributed by atoms with E-state index in [-0.39, 0.29) is 11.9 Å². The molecule has 3 rings (SSSR count). The summed E-state index contributed by atoms with van der Waals surface area (Å²) in [6.07, 6.45) is 2.84. The summed E-state index contributed by atoms with van der Waals surface area (Å²) in [7, 11) is 0. The van der Waals surface area contributed by atoms with Gasteiger partial charge in [0.25, 0.3) is 5.91 Å². The third-order valence-corrected chi connectivity index (χ3v) is 3.08. The van der Waals surface area contributed by atoms with Gasteiger partial charge in [-0.2, -0.15) is 0 Å². The molecular formula is C14H13N3O3. The number of furan rings is 1. The summed E-state index contributed by atoms with van der Waals surface area (Å²) in [6, 6.07) is 8.63. The lowest BCUT2D eigenvalue weighted by molar-refractivity contribution is 0.102. The van der Waals surface area contributed by atoms with Gasteiger partial charge in [0.05, 0.1) is 11.8 Å². The Morgan fingerprint density at radius 1 is 1.25 bits per heavy atom. The lowest BCUT2D eigenvalue weighted by Crippen LogP contribution is -2.27. The van der Waals surface area contributed by atoms with Crippen LogP contribution in [0.25, 0.3) is 0 Å². The van der Waals surface area contributed by atoms with Crippen molar-refractivity contribution in [1.82, 2.24) is 5.32 Å². The van der Waals surface area contributed by atoms with Gasteiger partial charge < -0.3 is 15.1 Å². The van der Waals surface area contributed by atoms with Crippen LogP contribution >= 0.6 is 0 Å². The lowest BCUT2D eigenvalue weighted by atomic mass is 10.2. The van der Waals surface area contributed by atoms with E-state index in [0.717, 1.165) is 5.69 Å². The molecule has 6 nitrogen and oxygen atoms in total. The average molecular weight is 271 g/mol. The fourth-order valence-electron chi connectivity index (χ4n) is 2.04. The van der Waals surface area contributed by atoms with Crippen molar-refractivity contribution < 1.29 is 14.0 Å². The van der Waals surface area contributed by atoms with Crippen molar-refractivity contribution in [2.45, 2.75) is 0 Å². The Morgan fingerprint density at radius 2 is 2.05 bits per heavy atom. The first-order valence-electron chi connectivity index (χ1n) is 6.23. The average Bonchev–Trinajstić information content (AvgIpc) is 3.11. The maximum Gasteiger partial charge on any atom is 0.321 e. The summed E-state index contributed by atoms with van der Waals surface area (Å²) in [5.41, 5.74) is 1.94. The topological polar surface area (TPSA) is 74.6 Å². The maximum atomic E-state index is 11.8. The van der Waals surface area contributed by atoms with Crippen molar-refractivity contribution in [2.75, 3.05) is 23.3 Å². The van der Waals surface area contributed by atoms with Crippen molar-refractivity contribution >= 4 is 23.3 Å². The van der Waals surface area contributed by atoms with E-state index >= 15 is 0 Å². The highest BCUT2D eigenvalue weighted by molar-refractivity contribution is 6.04. The quantitative estimate of drug-likeness (QED) is 0.897. The summed E-state index contributed by atoms with van der Waals surface area (Å²) in [5.74, 6) is -0.231. The van der Waals surface area contributed by atoms with Gasteiger partial charge in [0.1, 0.15) is 6.26 Å². The number of amides is 3. The molecule has 0 aliphatic carbocycles. The number of carbonyl (C=O) groups is 2. The smallest absolute Gasteiger partial charge is 0.321 e. The number of rotatable bonds is 3. The van der Waals surface area contributed by atoms with Gasteiger partial charge in [-0.3, -0.25) is 9.69 Å². The van der Waals surface area contributed by atoms with Gasteiger partial charge in [0.2, 0.25) is 0 Å². The molecular weight excluding hydrogens is 258 g/mol. The first kappa shape index (κ1) is 12.3. The third-order valence-electron chi connectivity index (χ3n) is 3.08. The predicted molar refractivity (Wildman–Crippen MR) is 73.8 cm³/mol. The van der Waals surface area contributed by atoms with Crippen LogP contribution in [0.1, 0.15) is 10.4 Å². The molecule has 1 fully saturated rings. The molecule has 2 heterocycles. The zero-order valence-corrected chi connectivity index (χ0v) is 10.6. The Labute approximate surface area is 115 Å². The monoisotopic (exact) mass is 271 g/mol. The zero-order chi connectivity index (χ0) is 13.9. The standard InChI is InChI=1S/C14H13N3O3/c18-13(10-5-8-20-9-10)16-11-1-3-12(4-2-11)17-7-6-15-14(17)19/h1-5,8-9H,6-7H2,(H,15,19)(H,16,18). The summed E-state index contributed by atoms with van der Waals surface area (Å²) in [4.78, 5) is 25.0. The molecule has 1 aliphatic rings. The van der Waals surface area contributed by atoms with Crippen LogP contribution in [-0.2, 0) is 0 Å². The minimum Gasteiger partial charge on any atom is -0.472 e. The van der Waals surface area contributed by atoms with Crippen LogP contribution in [0.5, 0.6) is 0 Å². The van der Waals surface area contributed by atoms with Crippen LogP contribution in [0, 0.1) is 0 Å². The second-order valence-corrected chi connectivity index (χ2v) is 4.40. The Kier molecular flexibility index (Phi) is 3.12. The second-order valence-electron chi connectivity index (χ2n) is 4.40. The fraction of sp³-hybridized carbons (Fsp3) is 0.143. The van der Waals surface area contributed by atoms with E-state index in [1.54, 1.807) is 35.2 Å². The molecule has 6 heteroatoms. The number of nitrogens with one attached hydrogen (secondary N) is 2. The molecule has 0 unspecified atom stereocenters. The lowest BCUT2D eigenvalue weighted by Gasteiger charge is -2.14. The van der Waals surface area contributed by atoms with Crippen LogP contribution in [0.15, 0.2) is 47.3 Å². The fourth-order valence-corrected chi connectivity index (χ4v) is 2.04. The molecule has 0 spiro atoms. The van der Waals surface area contributed by atoms with Crippen LogP contribution in [0.4, 0.5) is 16.2 Å². The third kappa shape index (κ3) is 2.35. The normalized spacial score (nSPS) is 14.2. The van der Waals surface area contributed by atoms with Crippen LogP contribution < -0.4 is 15.5 Å². The van der Waals surface area contributed by atoms with Crippen molar-refractivity contribution in [1.29, 1.82) is 0 Å². The Hall–Kier alpha value is -2.76. The summed E-state index contributed by atoms with van der Waals surface area (Å²) >= 11 is 0. The largest absolute Gasteiger partial charge is 0.472 e. The van der Waals surface area contributed by atoms with Crippen LogP contribution in [0.2, 0.25) is 0 Å². The molecule has 1 aliphatic heterocycles. The van der Waals surface area contributed by atoms with Gasteiger partial charge in [-0.05, 0) is 30.3 Å². The molecule has 20 heavy (non-hydrogen) atoms. The number of nitrogens with zero attached hydrogens (tertiary/aromatic N) is 1. The highest BCUT2D eigenvalue weighted by atomic mass is 16.3. The molecule has 2 aromatic rings. The van der Waals surface area contributed by atoms with E-state index in [4.69, 9.17) is 4.42 Å². The molecule has 0 radical (unpaired) electrons. The molecule has 0 bridgehead atoms. The van der Waals surface area contributed by atoms with Gasteiger partial charge in [0, 0.05) is 24.5 Å². The molecule has 0 atom stereocenters. The van der Waals surface area contributed by atoms with Gasteiger partial charge in [-0.25, -0.2) is 4.79 Å². The van der Waals surface area contributed by atoms with E-state index in [1.165, 1.54) is 12.5 Å². The molecule has 2 N–H and O–H groups in total. The van der Waals surface area contributed by atoms with E-state index in [2.05, 4.69) is 10.6 Å². The number of urea groups is 1. The van der Waals surface area contributed by atoms with Crippen LogP contribution in [0.3, 0.4) is 0 Å². The molecule has 0 saturated carbocycles. The van der Waals surface area contributed by atoms with E-state index < -0.39 is 0 Å². The van der Waals surface area contributed by atoms with Crippen molar-refractivity contribution in [3.8, 4) is 0 Å². The van der Waals surface area contributed by atoms with E-state index in [1.807, 2.05) is 0 Å². The summed E-state index contributed by atoms with van der Waals surface area (Å²) in [6.45, 7) is 1.30. The van der Waals surface area contributed by atoms with Crippen molar-refractivity contribution in [2.24, 2.45) is 0 Å². The Balaban J connectivity index is 1.70. The molecule has 1 saturated heterocycles. The SMILES string of the molecule is O=C(Nc1ccc(N2CCNC2=O)cc1)c1ccoc1. The highest BCUT2D eigenvalue weighted by Gasteiger charge is 2.20. The van der Waals surface area contributed by atoms with Crippen molar-refractivity contribution in [3.05, 3.63) is 48.4 Å². The molecule has 1 aromatic heterocycles. The minimum atomic E-state index is -0.231. The minimum absolute atomic E-state index is 0.0971. The molecule has 102 valence electrons. The summed E-state index contributed by atoms with van der Waals surface area (Å²) < 4.78 is 4.86. The molecule has 1 aromatic carbocycles. The first-order valence-corrected chi connectivity index (χ1v) is 6.23. The molecule has 3 amide bonds.